The van der Waals surface area contributed by atoms with Gasteiger partial charge in [-0.3, -0.25) is 0 Å². The molecule has 60 valence electrons. The van der Waals surface area contributed by atoms with Gasteiger partial charge in [-0.25, -0.2) is 6.61 Å². The van der Waals surface area contributed by atoms with Crippen molar-refractivity contribution in [1.82, 2.24) is 0 Å². The molecule has 0 bridgehead atoms. The van der Waals surface area contributed by atoms with Gasteiger partial charge in [0.15, 0.2) is 0 Å². The Bertz CT molecular complexity index is 73.3. The molecule has 0 atom stereocenters. The normalized spacial score (nSPS) is 34.2. The van der Waals surface area contributed by atoms with Crippen LogP contribution in [0, 0.1) is 18.4 Å². The molecule has 1 rings (SSSR count). The SMILES string of the molecule is O[CH-]C1CCC(CO)CC1. The summed E-state index contributed by atoms with van der Waals surface area (Å²) < 4.78 is 0. The van der Waals surface area contributed by atoms with Gasteiger partial charge < -0.3 is 10.2 Å². The molecule has 0 aliphatic heterocycles. The second-order valence-electron chi connectivity index (χ2n) is 3.11. The lowest BCUT2D eigenvalue weighted by Crippen LogP contribution is -2.17. The highest BCUT2D eigenvalue weighted by Crippen LogP contribution is 2.28. The van der Waals surface area contributed by atoms with Crippen LogP contribution in [0.2, 0.25) is 0 Å². The van der Waals surface area contributed by atoms with E-state index in [1.54, 1.807) is 0 Å². The highest BCUT2D eigenvalue weighted by molar-refractivity contribution is 4.75. The van der Waals surface area contributed by atoms with E-state index in [0.717, 1.165) is 25.7 Å². The predicted molar refractivity (Wildman–Crippen MR) is 38.8 cm³/mol. The van der Waals surface area contributed by atoms with Gasteiger partial charge in [-0.15, -0.1) is 5.92 Å². The molecule has 0 aromatic carbocycles. The summed E-state index contributed by atoms with van der Waals surface area (Å²) in [5.74, 6) is 0.888. The van der Waals surface area contributed by atoms with Crippen molar-refractivity contribution < 1.29 is 10.2 Å². The van der Waals surface area contributed by atoms with Gasteiger partial charge in [-0.05, 0) is 5.92 Å². The third kappa shape index (κ3) is 1.96. The van der Waals surface area contributed by atoms with E-state index in [4.69, 9.17) is 10.2 Å². The highest BCUT2D eigenvalue weighted by Gasteiger charge is 2.15. The molecule has 2 N–H and O–H groups in total. The average molecular weight is 143 g/mol. The minimum Gasteiger partial charge on any atom is -0.566 e. The Morgan fingerprint density at radius 3 is 2.20 bits per heavy atom. The molecular weight excluding hydrogens is 128 g/mol. The minimum atomic E-state index is 0.318. The van der Waals surface area contributed by atoms with Gasteiger partial charge in [0.1, 0.15) is 0 Å². The number of hydrogen-bond donors (Lipinski definition) is 2. The number of aliphatic hydroxyl groups is 2. The lowest BCUT2D eigenvalue weighted by atomic mass is 9.83. The molecule has 0 saturated heterocycles. The molecule has 0 spiro atoms. The lowest BCUT2D eigenvalue weighted by Gasteiger charge is -2.31. The average Bonchev–Trinajstić information content (AvgIpc) is 2.05. The molecule has 0 amide bonds. The molecule has 0 aromatic rings. The van der Waals surface area contributed by atoms with Crippen molar-refractivity contribution in [2.75, 3.05) is 6.61 Å². The van der Waals surface area contributed by atoms with Crippen molar-refractivity contribution in [3.05, 3.63) is 6.61 Å². The van der Waals surface area contributed by atoms with Crippen LogP contribution in [-0.4, -0.2) is 16.8 Å². The number of rotatable bonds is 2. The first-order valence-electron chi connectivity index (χ1n) is 3.95. The summed E-state index contributed by atoms with van der Waals surface area (Å²) in [4.78, 5) is 0. The van der Waals surface area contributed by atoms with Crippen LogP contribution in [0.4, 0.5) is 0 Å². The largest absolute Gasteiger partial charge is 0.566 e. The maximum Gasteiger partial charge on any atom is 0.0459 e. The van der Waals surface area contributed by atoms with Crippen LogP contribution in [-0.2, 0) is 0 Å². The van der Waals surface area contributed by atoms with Crippen LogP contribution in [0.5, 0.6) is 0 Å². The fourth-order valence-corrected chi connectivity index (χ4v) is 1.52. The van der Waals surface area contributed by atoms with E-state index >= 15 is 0 Å². The zero-order valence-electron chi connectivity index (χ0n) is 6.16. The summed E-state index contributed by atoms with van der Waals surface area (Å²) in [7, 11) is 0. The Hall–Kier alpha value is -0.0800. The summed E-state index contributed by atoms with van der Waals surface area (Å²) in [5.41, 5.74) is 0. The van der Waals surface area contributed by atoms with Gasteiger partial charge in [0.05, 0.1) is 0 Å². The van der Waals surface area contributed by atoms with Gasteiger partial charge >= 0.3 is 0 Å². The standard InChI is InChI=1S/C8H15O2/c9-5-7-1-2-8(6-10)4-3-7/h5,7-10H,1-4,6H2/q-1. The summed E-state index contributed by atoms with van der Waals surface area (Å²) in [6.07, 6.45) is 4.22. The van der Waals surface area contributed by atoms with Gasteiger partial charge in [-0.2, -0.15) is 0 Å². The van der Waals surface area contributed by atoms with E-state index in [9.17, 15) is 0 Å². The molecule has 1 aliphatic carbocycles. The van der Waals surface area contributed by atoms with Crippen LogP contribution < -0.4 is 0 Å². The second-order valence-corrected chi connectivity index (χ2v) is 3.11. The fraction of sp³-hybridized carbons (Fsp3) is 0.875. The zero-order valence-corrected chi connectivity index (χ0v) is 6.16. The van der Waals surface area contributed by atoms with Crippen molar-refractivity contribution >= 4 is 0 Å². The third-order valence-electron chi connectivity index (χ3n) is 2.36. The van der Waals surface area contributed by atoms with Crippen molar-refractivity contribution in [1.29, 1.82) is 0 Å². The maximum absolute atomic E-state index is 8.78. The number of hydrogen-bond acceptors (Lipinski definition) is 2. The first kappa shape index (κ1) is 8.02. The molecule has 0 heterocycles. The lowest BCUT2D eigenvalue weighted by molar-refractivity contribution is 0.157. The van der Waals surface area contributed by atoms with Crippen molar-refractivity contribution in [2.45, 2.75) is 25.7 Å². The zero-order chi connectivity index (χ0) is 7.40. The van der Waals surface area contributed by atoms with Gasteiger partial charge in [0, 0.05) is 6.61 Å². The van der Waals surface area contributed by atoms with Crippen molar-refractivity contribution in [3.8, 4) is 0 Å². The molecule has 2 nitrogen and oxygen atoms in total. The van der Waals surface area contributed by atoms with E-state index in [1.807, 2.05) is 0 Å². The minimum absolute atomic E-state index is 0.318. The molecule has 1 saturated carbocycles. The monoisotopic (exact) mass is 143 g/mol. The van der Waals surface area contributed by atoms with Gasteiger partial charge in [0.25, 0.3) is 0 Å². The fourth-order valence-electron chi connectivity index (χ4n) is 1.52. The van der Waals surface area contributed by atoms with Crippen molar-refractivity contribution in [3.63, 3.8) is 0 Å². The van der Waals surface area contributed by atoms with E-state index in [2.05, 4.69) is 0 Å². The summed E-state index contributed by atoms with van der Waals surface area (Å²) in [6.45, 7) is 1.62. The molecule has 0 radical (unpaired) electrons. The van der Waals surface area contributed by atoms with Crippen LogP contribution >= 0.6 is 0 Å². The van der Waals surface area contributed by atoms with E-state index in [-0.39, 0.29) is 0 Å². The third-order valence-corrected chi connectivity index (χ3v) is 2.36. The maximum atomic E-state index is 8.78. The first-order chi connectivity index (χ1) is 4.86. The van der Waals surface area contributed by atoms with Crippen LogP contribution in [0.1, 0.15) is 25.7 Å². The summed E-state index contributed by atoms with van der Waals surface area (Å²) >= 11 is 0. The second kappa shape index (κ2) is 3.94. The first-order valence-corrected chi connectivity index (χ1v) is 3.95. The van der Waals surface area contributed by atoms with E-state index in [1.165, 1.54) is 6.61 Å². The molecule has 2 heteroatoms. The Morgan fingerprint density at radius 1 is 1.20 bits per heavy atom. The molecule has 10 heavy (non-hydrogen) atoms. The predicted octanol–water partition coefficient (Wildman–Crippen LogP) is 1.32. The van der Waals surface area contributed by atoms with Gasteiger partial charge in [0.2, 0.25) is 0 Å². The van der Waals surface area contributed by atoms with E-state index in [0.29, 0.717) is 18.4 Å². The van der Waals surface area contributed by atoms with Crippen LogP contribution in [0.3, 0.4) is 0 Å². The quantitative estimate of drug-likeness (QED) is 0.572. The summed E-state index contributed by atoms with van der Waals surface area (Å²) in [6, 6.07) is 0. The molecule has 0 unspecified atom stereocenters. The number of aliphatic hydroxyl groups excluding tert-OH is 2. The molecule has 1 aliphatic rings. The Morgan fingerprint density at radius 2 is 1.80 bits per heavy atom. The van der Waals surface area contributed by atoms with Crippen molar-refractivity contribution in [2.24, 2.45) is 11.8 Å². The van der Waals surface area contributed by atoms with Gasteiger partial charge in [-0.1, -0.05) is 25.7 Å². The highest BCUT2D eigenvalue weighted by atomic mass is 16.3. The smallest absolute Gasteiger partial charge is 0.0459 e. The Labute approximate surface area is 61.9 Å². The van der Waals surface area contributed by atoms with E-state index < -0.39 is 0 Å². The summed E-state index contributed by atoms with van der Waals surface area (Å²) in [5, 5.41) is 17.4. The Kier molecular flexibility index (Phi) is 3.16. The van der Waals surface area contributed by atoms with Crippen LogP contribution in [0.15, 0.2) is 0 Å². The molecule has 0 aromatic heterocycles. The molecule has 1 fully saturated rings. The van der Waals surface area contributed by atoms with Crippen LogP contribution in [0.25, 0.3) is 0 Å². The Balaban J connectivity index is 2.17. The molecular formula is C8H15O2-. The topological polar surface area (TPSA) is 40.5 Å².